The van der Waals surface area contributed by atoms with Gasteiger partial charge in [-0.2, -0.15) is 0 Å². The number of urea groups is 1. The molecule has 1 aliphatic carbocycles. The molecule has 0 bridgehead atoms. The Morgan fingerprint density at radius 3 is 2.58 bits per heavy atom. The maximum atomic E-state index is 12.2. The summed E-state index contributed by atoms with van der Waals surface area (Å²) in [6, 6.07) is 6.32. The molecule has 2 amide bonds. The summed E-state index contributed by atoms with van der Waals surface area (Å²) in [7, 11) is -3.34. The number of halogens is 1. The zero-order valence-electron chi connectivity index (χ0n) is 12.8. The van der Waals surface area contributed by atoms with E-state index in [1.807, 2.05) is 12.2 Å². The van der Waals surface area contributed by atoms with Crippen LogP contribution in [0.2, 0.25) is 5.02 Å². The van der Waals surface area contributed by atoms with Crippen molar-refractivity contribution in [2.24, 2.45) is 0 Å². The minimum atomic E-state index is -3.34. The van der Waals surface area contributed by atoms with Gasteiger partial charge in [-0.15, -0.1) is 11.3 Å². The van der Waals surface area contributed by atoms with Crippen LogP contribution in [0.4, 0.5) is 15.5 Å². The van der Waals surface area contributed by atoms with Crippen LogP contribution in [0.1, 0.15) is 17.5 Å². The van der Waals surface area contributed by atoms with Crippen molar-refractivity contribution in [2.75, 3.05) is 16.9 Å². The summed E-state index contributed by atoms with van der Waals surface area (Å²) in [5.74, 6) is 0. The van der Waals surface area contributed by atoms with E-state index in [0.717, 1.165) is 23.3 Å². The van der Waals surface area contributed by atoms with Gasteiger partial charge >= 0.3 is 6.03 Å². The number of carbonyl (C=O) groups excluding carboxylic acids is 1. The van der Waals surface area contributed by atoms with Gasteiger partial charge in [-0.05, 0) is 42.7 Å². The molecule has 0 unspecified atom stereocenters. The second-order valence-electron chi connectivity index (χ2n) is 5.41. The summed E-state index contributed by atoms with van der Waals surface area (Å²) in [4.78, 5) is 12.2. The lowest BCUT2D eigenvalue weighted by Crippen LogP contribution is -2.19. The lowest BCUT2D eigenvalue weighted by atomic mass is 10.0. The quantitative estimate of drug-likeness (QED) is 0.825. The molecular formula is C16H15ClN2O3S2. The van der Waals surface area contributed by atoms with E-state index in [-0.39, 0.29) is 4.21 Å². The molecule has 0 radical (unpaired) electrons. The summed E-state index contributed by atoms with van der Waals surface area (Å²) in [6.45, 7) is 0. The smallest absolute Gasteiger partial charge is 0.308 e. The molecule has 3 rings (SSSR count). The first kappa shape index (κ1) is 17.0. The van der Waals surface area contributed by atoms with E-state index < -0.39 is 15.9 Å². The first-order valence-corrected chi connectivity index (χ1v) is 10.3. The fourth-order valence-electron chi connectivity index (χ4n) is 2.48. The maximum Gasteiger partial charge on any atom is 0.324 e. The molecule has 1 heterocycles. The number of allylic oxidation sites excluding steroid dienone is 1. The number of amides is 2. The summed E-state index contributed by atoms with van der Waals surface area (Å²) < 4.78 is 24.2. The lowest BCUT2D eigenvalue weighted by molar-refractivity contribution is 0.262. The van der Waals surface area contributed by atoms with Crippen molar-refractivity contribution in [2.45, 2.75) is 17.1 Å². The molecule has 0 atom stereocenters. The number of thiophene rings is 1. The fourth-order valence-corrected chi connectivity index (χ4v) is 5.01. The van der Waals surface area contributed by atoms with E-state index >= 15 is 0 Å². The van der Waals surface area contributed by atoms with Crippen molar-refractivity contribution in [3.63, 3.8) is 0 Å². The second-order valence-corrected chi connectivity index (χ2v) is 9.08. The Balaban J connectivity index is 1.85. The molecule has 126 valence electrons. The van der Waals surface area contributed by atoms with Crippen molar-refractivity contribution >= 4 is 55.6 Å². The molecule has 2 aromatic rings. The third-order valence-electron chi connectivity index (χ3n) is 3.53. The first-order chi connectivity index (χ1) is 11.3. The Morgan fingerprint density at radius 2 is 1.92 bits per heavy atom. The van der Waals surface area contributed by atoms with Gasteiger partial charge in [0.2, 0.25) is 0 Å². The third kappa shape index (κ3) is 3.63. The molecule has 0 saturated heterocycles. The molecule has 8 heteroatoms. The Hall–Kier alpha value is -1.83. The number of hydrogen-bond acceptors (Lipinski definition) is 4. The van der Waals surface area contributed by atoms with Crippen LogP contribution >= 0.6 is 22.9 Å². The van der Waals surface area contributed by atoms with E-state index in [9.17, 15) is 13.2 Å². The zero-order chi connectivity index (χ0) is 17.3. The number of fused-ring (bicyclic) bond motifs is 1. The second kappa shape index (κ2) is 6.58. The molecule has 2 N–H and O–H groups in total. The third-order valence-corrected chi connectivity index (χ3v) is 6.79. The number of hydrogen-bond donors (Lipinski definition) is 2. The largest absolute Gasteiger partial charge is 0.324 e. The topological polar surface area (TPSA) is 75.3 Å². The monoisotopic (exact) mass is 382 g/mol. The van der Waals surface area contributed by atoms with Crippen molar-refractivity contribution in [1.82, 2.24) is 0 Å². The van der Waals surface area contributed by atoms with E-state index in [2.05, 4.69) is 10.6 Å². The fraction of sp³-hybridized carbons (Fsp3) is 0.188. The van der Waals surface area contributed by atoms with Crippen molar-refractivity contribution < 1.29 is 13.2 Å². The average Bonchev–Trinajstić information content (AvgIpc) is 2.89. The van der Waals surface area contributed by atoms with Crippen LogP contribution in [-0.4, -0.2) is 20.7 Å². The van der Waals surface area contributed by atoms with Gasteiger partial charge in [-0.3, -0.25) is 5.32 Å². The number of rotatable bonds is 3. The first-order valence-electron chi connectivity index (χ1n) is 7.20. The number of benzene rings is 1. The number of nitrogens with one attached hydrogen (secondary N) is 2. The van der Waals surface area contributed by atoms with Crippen LogP contribution < -0.4 is 10.6 Å². The Kier molecular flexibility index (Phi) is 4.67. The van der Waals surface area contributed by atoms with Gasteiger partial charge in [0.05, 0.1) is 0 Å². The normalized spacial score (nSPS) is 13.4. The lowest BCUT2D eigenvalue weighted by Gasteiger charge is -2.10. The Bertz CT molecular complexity index is 916. The highest BCUT2D eigenvalue weighted by molar-refractivity contribution is 7.93. The average molecular weight is 383 g/mol. The predicted molar refractivity (Wildman–Crippen MR) is 98.9 cm³/mol. The molecule has 0 fully saturated rings. The van der Waals surface area contributed by atoms with Gasteiger partial charge < -0.3 is 5.32 Å². The molecular weight excluding hydrogens is 368 g/mol. The Labute approximate surface area is 149 Å². The van der Waals surface area contributed by atoms with Gasteiger partial charge in [0.25, 0.3) is 0 Å². The zero-order valence-corrected chi connectivity index (χ0v) is 15.2. The number of sulfone groups is 1. The summed E-state index contributed by atoms with van der Waals surface area (Å²) in [5.41, 5.74) is 2.16. The van der Waals surface area contributed by atoms with Crippen LogP contribution in [0.25, 0.3) is 6.08 Å². The van der Waals surface area contributed by atoms with Crippen LogP contribution in [0.5, 0.6) is 0 Å². The molecule has 24 heavy (non-hydrogen) atoms. The highest BCUT2D eigenvalue weighted by atomic mass is 35.5. The van der Waals surface area contributed by atoms with E-state index in [1.165, 1.54) is 6.26 Å². The predicted octanol–water partition coefficient (Wildman–Crippen LogP) is 4.41. The minimum Gasteiger partial charge on any atom is -0.308 e. The van der Waals surface area contributed by atoms with E-state index in [0.29, 0.717) is 27.7 Å². The number of carbonyl (C=O) groups is 1. The summed E-state index contributed by atoms with van der Waals surface area (Å²) in [6.07, 6.45) is 6.46. The number of anilines is 2. The SMILES string of the molecule is CS(=O)(=O)c1sc(NC(=O)Nc2ccc(Cl)cc2)c2c1C=CCC2. The van der Waals surface area contributed by atoms with Crippen molar-refractivity contribution in [1.29, 1.82) is 0 Å². The minimum absolute atomic E-state index is 0.287. The summed E-state index contributed by atoms with van der Waals surface area (Å²) >= 11 is 6.90. The molecule has 1 aromatic carbocycles. The van der Waals surface area contributed by atoms with Crippen LogP contribution in [0.3, 0.4) is 0 Å². The van der Waals surface area contributed by atoms with Gasteiger partial charge in [-0.1, -0.05) is 23.8 Å². The van der Waals surface area contributed by atoms with Gasteiger partial charge in [-0.25, -0.2) is 13.2 Å². The molecule has 0 saturated carbocycles. The highest BCUT2D eigenvalue weighted by Gasteiger charge is 2.24. The van der Waals surface area contributed by atoms with Crippen LogP contribution in [-0.2, 0) is 16.3 Å². The van der Waals surface area contributed by atoms with Crippen molar-refractivity contribution in [3.05, 3.63) is 46.5 Å². The van der Waals surface area contributed by atoms with E-state index in [4.69, 9.17) is 11.6 Å². The van der Waals surface area contributed by atoms with Crippen molar-refractivity contribution in [3.8, 4) is 0 Å². The van der Waals surface area contributed by atoms with Gasteiger partial charge in [0, 0.05) is 22.5 Å². The van der Waals surface area contributed by atoms with Gasteiger partial charge in [0.1, 0.15) is 9.21 Å². The maximum absolute atomic E-state index is 12.2. The van der Waals surface area contributed by atoms with Crippen LogP contribution in [0, 0.1) is 0 Å². The standard InChI is InChI=1S/C16H15ClN2O3S2/c1-24(21,22)15-13-5-3-2-4-12(13)14(23-15)19-16(20)18-11-8-6-10(17)7-9-11/h3,5-9H,2,4H2,1H3,(H2,18,19,20). The van der Waals surface area contributed by atoms with Gasteiger partial charge in [0.15, 0.2) is 9.84 Å². The molecule has 1 aliphatic rings. The molecule has 0 spiro atoms. The van der Waals surface area contributed by atoms with E-state index in [1.54, 1.807) is 24.3 Å². The highest BCUT2D eigenvalue weighted by Crippen LogP contribution is 2.40. The summed E-state index contributed by atoms with van der Waals surface area (Å²) in [5, 5.41) is 6.62. The van der Waals surface area contributed by atoms with Crippen LogP contribution in [0.15, 0.2) is 34.6 Å². The molecule has 1 aromatic heterocycles. The molecule has 5 nitrogen and oxygen atoms in total. The Morgan fingerprint density at radius 1 is 1.21 bits per heavy atom. The molecule has 0 aliphatic heterocycles.